The van der Waals surface area contributed by atoms with Crippen LogP contribution in [-0.4, -0.2) is 30.5 Å². The van der Waals surface area contributed by atoms with Crippen LogP contribution in [0.25, 0.3) is 11.0 Å². The highest BCUT2D eigenvalue weighted by atomic mass is 35.5. The smallest absolute Gasteiger partial charge is 0.264 e. The van der Waals surface area contributed by atoms with Gasteiger partial charge in [-0.1, -0.05) is 29.3 Å². The van der Waals surface area contributed by atoms with Crippen molar-refractivity contribution in [1.29, 1.82) is 0 Å². The van der Waals surface area contributed by atoms with Crippen LogP contribution in [-0.2, 0) is 17.9 Å². The number of fused-ring (bicyclic) bond motifs is 1. The maximum absolute atomic E-state index is 13.5. The van der Waals surface area contributed by atoms with E-state index in [1.807, 2.05) is 0 Å². The second-order valence-electron chi connectivity index (χ2n) is 7.31. The number of nitrogens with one attached hydrogen (secondary N) is 1. The second kappa shape index (κ2) is 8.84. The quantitative estimate of drug-likeness (QED) is 0.414. The molecule has 0 atom stereocenters. The topological polar surface area (TPSA) is 77.6 Å². The molecule has 3 aromatic heterocycles. The van der Waals surface area contributed by atoms with Crippen LogP contribution in [0.15, 0.2) is 36.7 Å². The molecule has 3 heterocycles. The minimum atomic E-state index is -2.66. The molecule has 0 bridgehead atoms. The van der Waals surface area contributed by atoms with Gasteiger partial charge in [0.15, 0.2) is 5.65 Å². The number of rotatable bonds is 6. The molecular formula is C21H18Cl2F2N6O. The normalized spacial score (nSPS) is 11.5. The number of halogens is 4. The van der Waals surface area contributed by atoms with E-state index >= 15 is 0 Å². The van der Waals surface area contributed by atoms with Gasteiger partial charge in [-0.25, -0.2) is 18.4 Å². The van der Waals surface area contributed by atoms with Gasteiger partial charge in [-0.2, -0.15) is 10.2 Å². The van der Waals surface area contributed by atoms with Gasteiger partial charge in [0.05, 0.1) is 29.5 Å². The molecule has 0 unspecified atom stereocenters. The summed E-state index contributed by atoms with van der Waals surface area (Å²) >= 11 is 12.1. The van der Waals surface area contributed by atoms with Gasteiger partial charge < -0.3 is 5.32 Å². The lowest BCUT2D eigenvalue weighted by Crippen LogP contribution is -2.19. The van der Waals surface area contributed by atoms with Gasteiger partial charge in [0.25, 0.3) is 6.43 Å². The molecule has 4 aromatic rings. The number of carbonyl (C=O) groups excluding carboxylic acids is 1. The Labute approximate surface area is 192 Å². The van der Waals surface area contributed by atoms with E-state index in [-0.39, 0.29) is 29.0 Å². The highest BCUT2D eigenvalue weighted by molar-refractivity contribution is 6.35. The molecule has 11 heteroatoms. The van der Waals surface area contributed by atoms with Gasteiger partial charge in [-0.15, -0.1) is 0 Å². The number of aromatic nitrogens is 5. The van der Waals surface area contributed by atoms with Gasteiger partial charge in [0.2, 0.25) is 5.91 Å². The van der Waals surface area contributed by atoms with E-state index < -0.39 is 6.43 Å². The van der Waals surface area contributed by atoms with E-state index in [0.29, 0.717) is 33.7 Å². The van der Waals surface area contributed by atoms with E-state index in [1.165, 1.54) is 16.9 Å². The molecule has 0 fully saturated rings. The van der Waals surface area contributed by atoms with E-state index in [1.54, 1.807) is 42.9 Å². The number of anilines is 1. The number of amides is 1. The van der Waals surface area contributed by atoms with Crippen molar-refractivity contribution in [2.75, 3.05) is 5.32 Å². The van der Waals surface area contributed by atoms with Crippen molar-refractivity contribution in [2.24, 2.45) is 0 Å². The lowest BCUT2D eigenvalue weighted by atomic mass is 10.1. The number of pyridine rings is 1. The lowest BCUT2D eigenvalue weighted by molar-refractivity contribution is -0.116. The minimum Gasteiger partial charge on any atom is -0.322 e. The standard InChI is InChI=1S/C21H18Cl2F2N6O/c1-11-5-16(20(24)25)19-12(2)29-31(21(19)27-11)10-18(32)28-15-7-26-30(9-15)8-13-3-4-14(22)6-17(13)23/h3-7,9,20H,8,10H2,1-2H3,(H,28,32). The third kappa shape index (κ3) is 4.58. The fourth-order valence-corrected chi connectivity index (χ4v) is 3.94. The maximum atomic E-state index is 13.5. The Kier molecular flexibility index (Phi) is 6.12. The summed E-state index contributed by atoms with van der Waals surface area (Å²) in [5.74, 6) is -0.389. The van der Waals surface area contributed by atoms with Crippen molar-refractivity contribution in [3.63, 3.8) is 0 Å². The number of benzene rings is 1. The summed E-state index contributed by atoms with van der Waals surface area (Å²) in [6, 6.07) is 6.53. The van der Waals surface area contributed by atoms with E-state index in [4.69, 9.17) is 23.2 Å². The first-order valence-electron chi connectivity index (χ1n) is 9.60. The monoisotopic (exact) mass is 478 g/mol. The molecule has 0 aliphatic rings. The number of alkyl halides is 2. The average Bonchev–Trinajstić information content (AvgIpc) is 3.27. The van der Waals surface area contributed by atoms with Crippen molar-refractivity contribution in [3.8, 4) is 0 Å². The Morgan fingerprint density at radius 2 is 2.00 bits per heavy atom. The van der Waals surface area contributed by atoms with Crippen LogP contribution in [0.2, 0.25) is 10.0 Å². The van der Waals surface area contributed by atoms with Crippen LogP contribution in [0.5, 0.6) is 0 Å². The van der Waals surface area contributed by atoms with E-state index in [0.717, 1.165) is 5.56 Å². The van der Waals surface area contributed by atoms with Crippen LogP contribution >= 0.6 is 23.2 Å². The van der Waals surface area contributed by atoms with Gasteiger partial charge in [-0.3, -0.25) is 9.48 Å². The van der Waals surface area contributed by atoms with Gasteiger partial charge in [0.1, 0.15) is 6.54 Å². The SMILES string of the molecule is Cc1cc(C(F)F)c2c(C)nn(CC(=O)Nc3cnn(Cc4ccc(Cl)cc4Cl)c3)c2n1. The fraction of sp³-hybridized carbons (Fsp3) is 0.238. The molecule has 1 aromatic carbocycles. The molecule has 0 saturated heterocycles. The first-order chi connectivity index (χ1) is 15.2. The molecule has 32 heavy (non-hydrogen) atoms. The second-order valence-corrected chi connectivity index (χ2v) is 8.15. The van der Waals surface area contributed by atoms with E-state index in [9.17, 15) is 13.6 Å². The highest BCUT2D eigenvalue weighted by Crippen LogP contribution is 2.30. The first kappa shape index (κ1) is 22.2. The Morgan fingerprint density at radius 1 is 1.22 bits per heavy atom. The zero-order valence-electron chi connectivity index (χ0n) is 17.1. The van der Waals surface area contributed by atoms with Gasteiger partial charge in [0, 0.05) is 27.5 Å². The van der Waals surface area contributed by atoms with Crippen molar-refractivity contribution in [1.82, 2.24) is 24.5 Å². The first-order valence-corrected chi connectivity index (χ1v) is 10.4. The Bertz CT molecular complexity index is 1320. The summed E-state index contributed by atoms with van der Waals surface area (Å²) in [5.41, 5.74) is 2.23. The largest absolute Gasteiger partial charge is 0.322 e. The zero-order valence-corrected chi connectivity index (χ0v) is 18.6. The predicted octanol–water partition coefficient (Wildman–Crippen LogP) is 5.18. The third-order valence-corrected chi connectivity index (χ3v) is 5.42. The van der Waals surface area contributed by atoms with Crippen LogP contribution in [0.3, 0.4) is 0 Å². The molecular weight excluding hydrogens is 461 g/mol. The number of carbonyl (C=O) groups is 1. The molecule has 0 aliphatic heterocycles. The Balaban J connectivity index is 1.50. The number of aryl methyl sites for hydroxylation is 2. The molecule has 0 saturated carbocycles. The van der Waals surface area contributed by atoms with Crippen molar-refractivity contribution >= 4 is 45.8 Å². The summed E-state index contributed by atoms with van der Waals surface area (Å²) in [6.07, 6.45) is 0.502. The predicted molar refractivity (Wildman–Crippen MR) is 118 cm³/mol. The third-order valence-electron chi connectivity index (χ3n) is 4.83. The fourth-order valence-electron chi connectivity index (χ4n) is 3.48. The molecule has 7 nitrogen and oxygen atoms in total. The Hall–Kier alpha value is -3.04. The van der Waals surface area contributed by atoms with Crippen LogP contribution < -0.4 is 5.32 Å². The molecule has 0 radical (unpaired) electrons. The summed E-state index contributed by atoms with van der Waals surface area (Å²) in [4.78, 5) is 16.9. The summed E-state index contributed by atoms with van der Waals surface area (Å²) < 4.78 is 29.9. The Morgan fingerprint density at radius 3 is 2.72 bits per heavy atom. The van der Waals surface area contributed by atoms with Gasteiger partial charge >= 0.3 is 0 Å². The van der Waals surface area contributed by atoms with Gasteiger partial charge in [-0.05, 0) is 37.6 Å². The molecule has 166 valence electrons. The lowest BCUT2D eigenvalue weighted by Gasteiger charge is -2.07. The van der Waals surface area contributed by atoms with Crippen molar-refractivity contribution in [2.45, 2.75) is 33.4 Å². The number of hydrogen-bond donors (Lipinski definition) is 1. The van der Waals surface area contributed by atoms with Crippen LogP contribution in [0, 0.1) is 13.8 Å². The molecule has 0 spiro atoms. The van der Waals surface area contributed by atoms with Crippen LogP contribution in [0.4, 0.5) is 14.5 Å². The van der Waals surface area contributed by atoms with E-state index in [2.05, 4.69) is 20.5 Å². The highest BCUT2D eigenvalue weighted by Gasteiger charge is 2.20. The minimum absolute atomic E-state index is 0.140. The van der Waals surface area contributed by atoms with Crippen LogP contribution in [0.1, 0.15) is 28.9 Å². The average molecular weight is 479 g/mol. The molecule has 1 amide bonds. The number of nitrogens with zero attached hydrogens (tertiary/aromatic N) is 5. The van der Waals surface area contributed by atoms with Crippen molar-refractivity contribution in [3.05, 3.63) is 69.2 Å². The van der Waals surface area contributed by atoms with Crippen molar-refractivity contribution < 1.29 is 13.6 Å². The summed E-state index contributed by atoms with van der Waals surface area (Å²) in [6.45, 7) is 3.46. The number of hydrogen-bond acceptors (Lipinski definition) is 4. The zero-order chi connectivity index (χ0) is 23.0. The molecule has 4 rings (SSSR count). The maximum Gasteiger partial charge on any atom is 0.264 e. The summed E-state index contributed by atoms with van der Waals surface area (Å²) in [7, 11) is 0. The molecule has 0 aliphatic carbocycles. The summed E-state index contributed by atoms with van der Waals surface area (Å²) in [5, 5.41) is 12.5. The molecule has 1 N–H and O–H groups in total.